The van der Waals surface area contributed by atoms with Crippen molar-refractivity contribution in [2.75, 3.05) is 20.3 Å². The van der Waals surface area contributed by atoms with E-state index in [2.05, 4.69) is 0 Å². The summed E-state index contributed by atoms with van der Waals surface area (Å²) in [5.41, 5.74) is -0.314. The lowest BCUT2D eigenvalue weighted by molar-refractivity contribution is -0.278. The standard InChI is InChI=1S/C34H36O23/c1-50-17-3-11(2-15(36)25(17)43)32-18(55-34-31(49)29(47)27(45)20(57-34)10-52-24(42)8-22(39)40)6-13-14(35)4-12(5-16(13)54-32)53-33-30(48)28(46)26(44)19(56-33)9-51-23(41)7-21(37)38/h2-6,19-20,26-31,33-34,44-49H,7-10H2,1H3,(H4-,35,36,37,38,39,40,43)/p+1/t19-,20+,26-,27-,28-,29-,30+,31+,33+,34+/m0/s1. The first kappa shape index (κ1) is 42.4. The van der Waals surface area contributed by atoms with Crippen LogP contribution in [0.5, 0.6) is 34.5 Å². The van der Waals surface area contributed by atoms with Crippen molar-refractivity contribution in [1.29, 1.82) is 0 Å². The Morgan fingerprint density at radius 3 is 1.68 bits per heavy atom. The molecule has 23 heteroatoms. The molecule has 11 N–H and O–H groups in total. The highest BCUT2D eigenvalue weighted by atomic mass is 16.7. The molecule has 0 amide bonds. The number of aliphatic carboxylic acids is 2. The number of carboxylic acids is 2. The van der Waals surface area contributed by atoms with Crippen molar-refractivity contribution in [1.82, 2.24) is 0 Å². The summed E-state index contributed by atoms with van der Waals surface area (Å²) >= 11 is 0. The van der Waals surface area contributed by atoms with Gasteiger partial charge >= 0.3 is 35.2 Å². The van der Waals surface area contributed by atoms with E-state index < -0.39 is 134 Å². The highest BCUT2D eigenvalue weighted by Gasteiger charge is 2.48. The fourth-order valence-corrected chi connectivity index (χ4v) is 5.67. The fraction of sp³-hybridized carbons (Fsp3) is 0.441. The van der Waals surface area contributed by atoms with Gasteiger partial charge in [-0.15, -0.1) is 0 Å². The topological polar surface area (TPSA) is 367 Å². The van der Waals surface area contributed by atoms with E-state index in [0.717, 1.165) is 24.3 Å². The lowest BCUT2D eigenvalue weighted by Crippen LogP contribution is -2.60. The van der Waals surface area contributed by atoms with Crippen LogP contribution in [0.3, 0.4) is 0 Å². The number of aromatic hydroxyl groups is 3. The quantitative estimate of drug-likeness (QED) is 0.0360. The van der Waals surface area contributed by atoms with Gasteiger partial charge < -0.3 is 89.3 Å². The number of aliphatic hydroxyl groups excluding tert-OH is 6. The second-order valence-corrected chi connectivity index (χ2v) is 12.6. The van der Waals surface area contributed by atoms with E-state index in [1.54, 1.807) is 0 Å². The Balaban J connectivity index is 1.49. The molecule has 23 nitrogen and oxygen atoms in total. The Morgan fingerprint density at radius 1 is 0.649 bits per heavy atom. The fourth-order valence-electron chi connectivity index (χ4n) is 5.67. The summed E-state index contributed by atoms with van der Waals surface area (Å²) in [6.07, 6.45) is -20.4. The molecule has 57 heavy (non-hydrogen) atoms. The molecule has 0 spiro atoms. The number of ether oxygens (including phenoxy) is 7. The minimum atomic E-state index is -2.00. The molecule has 2 fully saturated rings. The van der Waals surface area contributed by atoms with Gasteiger partial charge in [-0.05, 0) is 0 Å². The largest absolute Gasteiger partial charge is 0.507 e. The van der Waals surface area contributed by atoms with Crippen molar-refractivity contribution in [2.24, 2.45) is 0 Å². The summed E-state index contributed by atoms with van der Waals surface area (Å²) in [5, 5.41) is 112. The summed E-state index contributed by atoms with van der Waals surface area (Å²) in [5.74, 6) is -8.69. The third-order valence-corrected chi connectivity index (χ3v) is 8.58. The van der Waals surface area contributed by atoms with Crippen molar-refractivity contribution < 1.29 is 113 Å². The van der Waals surface area contributed by atoms with Crippen LogP contribution in [-0.4, -0.2) is 162 Å². The van der Waals surface area contributed by atoms with Crippen molar-refractivity contribution >= 4 is 34.8 Å². The van der Waals surface area contributed by atoms with Gasteiger partial charge in [0.15, 0.2) is 11.5 Å². The van der Waals surface area contributed by atoms with Crippen molar-refractivity contribution in [3.05, 3.63) is 30.3 Å². The molecule has 1 aromatic heterocycles. The monoisotopic (exact) mass is 813 g/mol. The van der Waals surface area contributed by atoms with Crippen LogP contribution in [0.2, 0.25) is 0 Å². The maximum absolute atomic E-state index is 11.8. The number of carbonyl (C=O) groups is 4. The number of carboxylic acid groups (broad SMARTS) is 2. The Hall–Kier alpha value is -5.79. The predicted octanol–water partition coefficient (Wildman–Crippen LogP) is -2.09. The number of phenolic OH excluding ortho intramolecular Hbond substituents is 3. The molecule has 2 saturated heterocycles. The highest BCUT2D eigenvalue weighted by molar-refractivity contribution is 5.91. The molecule has 3 aromatic rings. The molecule has 3 heterocycles. The van der Waals surface area contributed by atoms with Crippen LogP contribution < -0.4 is 14.2 Å². The van der Waals surface area contributed by atoms with E-state index in [0.29, 0.717) is 0 Å². The van der Waals surface area contributed by atoms with Crippen LogP contribution in [0, 0.1) is 0 Å². The Morgan fingerprint density at radius 2 is 1.18 bits per heavy atom. The maximum Gasteiger partial charge on any atom is 0.402 e. The molecule has 0 aliphatic carbocycles. The van der Waals surface area contributed by atoms with Crippen molar-refractivity contribution in [3.8, 4) is 45.8 Å². The number of methoxy groups -OCH3 is 1. The maximum atomic E-state index is 11.8. The molecule has 310 valence electrons. The van der Waals surface area contributed by atoms with Crippen LogP contribution >= 0.6 is 0 Å². The number of hydrogen-bond donors (Lipinski definition) is 11. The number of aliphatic hydroxyl groups is 6. The van der Waals surface area contributed by atoms with Crippen LogP contribution in [0.4, 0.5) is 0 Å². The van der Waals surface area contributed by atoms with Crippen molar-refractivity contribution in [3.63, 3.8) is 0 Å². The smallest absolute Gasteiger partial charge is 0.402 e. The van der Waals surface area contributed by atoms with Gasteiger partial charge in [0.2, 0.25) is 24.1 Å². The van der Waals surface area contributed by atoms with Gasteiger partial charge in [0.25, 0.3) is 0 Å². The number of esters is 2. The number of hydrogen-bond acceptors (Lipinski definition) is 20. The first-order valence-corrected chi connectivity index (χ1v) is 16.6. The van der Waals surface area contributed by atoms with Gasteiger partial charge in [-0.3, -0.25) is 19.2 Å². The predicted molar refractivity (Wildman–Crippen MR) is 179 cm³/mol. The average Bonchev–Trinajstić information content (AvgIpc) is 3.14. The van der Waals surface area contributed by atoms with E-state index in [4.69, 9.17) is 47.8 Å². The number of rotatable bonds is 14. The van der Waals surface area contributed by atoms with Crippen LogP contribution in [0.15, 0.2) is 34.7 Å². The third kappa shape index (κ3) is 9.61. The van der Waals surface area contributed by atoms with Gasteiger partial charge in [-0.2, -0.15) is 0 Å². The summed E-state index contributed by atoms with van der Waals surface area (Å²) < 4.78 is 43.3. The highest BCUT2D eigenvalue weighted by Crippen LogP contribution is 2.45. The van der Waals surface area contributed by atoms with Crippen LogP contribution in [-0.2, 0) is 38.1 Å². The summed E-state index contributed by atoms with van der Waals surface area (Å²) in [7, 11) is 1.17. The Bertz CT molecular complexity index is 1980. The second-order valence-electron chi connectivity index (χ2n) is 12.6. The summed E-state index contributed by atoms with van der Waals surface area (Å²) in [4.78, 5) is 45.1. The molecular weight excluding hydrogens is 776 g/mol. The molecule has 0 radical (unpaired) electrons. The van der Waals surface area contributed by atoms with Crippen molar-refractivity contribution in [2.45, 2.75) is 74.3 Å². The van der Waals surface area contributed by atoms with Gasteiger partial charge in [0.1, 0.15) is 91.8 Å². The lowest BCUT2D eigenvalue weighted by Gasteiger charge is -2.39. The molecule has 0 bridgehead atoms. The molecule has 10 atom stereocenters. The van der Waals surface area contributed by atoms with Gasteiger partial charge in [-0.1, -0.05) is 0 Å². The summed E-state index contributed by atoms with van der Waals surface area (Å²) in [6, 6.07) is 5.44. The van der Waals surface area contributed by atoms with Crippen LogP contribution in [0.1, 0.15) is 12.8 Å². The number of benzene rings is 2. The van der Waals surface area contributed by atoms with Gasteiger partial charge in [0, 0.05) is 24.3 Å². The number of phenols is 3. The molecule has 2 aromatic carbocycles. The van der Waals surface area contributed by atoms with Gasteiger partial charge in [-0.25, -0.2) is 4.42 Å². The van der Waals surface area contributed by atoms with E-state index in [1.807, 2.05) is 0 Å². The summed E-state index contributed by atoms with van der Waals surface area (Å²) in [6.45, 7) is -1.54. The number of carbonyl (C=O) groups excluding carboxylic acids is 2. The molecule has 0 saturated carbocycles. The molecule has 0 unspecified atom stereocenters. The van der Waals surface area contributed by atoms with E-state index >= 15 is 0 Å². The first-order valence-electron chi connectivity index (χ1n) is 16.6. The average molecular weight is 814 g/mol. The molecule has 5 rings (SSSR count). The number of fused-ring (bicyclic) bond motifs is 1. The first-order chi connectivity index (χ1) is 26.9. The van der Waals surface area contributed by atoms with Crippen LogP contribution in [0.25, 0.3) is 22.3 Å². The molecule has 2 aliphatic rings. The van der Waals surface area contributed by atoms with E-state index in [-0.39, 0.29) is 33.8 Å². The molecule has 2 aliphatic heterocycles. The SMILES string of the molecule is COc1cc(-c2[o+]c3cc(O[C@@H]4O[C@@H](COC(=O)CC(=O)O)[C@H](O)[C@H](O)[C@H]4O)cc(O)c3cc2O[C@@H]2O[C@H](COC(=O)CC(=O)O)[C@H](O)[C@H](O)[C@H]2O)cc(O)c1O. The lowest BCUT2D eigenvalue weighted by atomic mass is 9.99. The zero-order valence-electron chi connectivity index (χ0n) is 29.3. The van der Waals surface area contributed by atoms with Gasteiger partial charge in [0.05, 0.1) is 18.7 Å². The zero-order chi connectivity index (χ0) is 41.9. The minimum absolute atomic E-state index is 0.0849. The van der Waals surface area contributed by atoms with E-state index in [9.17, 15) is 65.1 Å². The Kier molecular flexibility index (Phi) is 13.0. The zero-order valence-corrected chi connectivity index (χ0v) is 29.3. The normalized spacial score (nSPS) is 27.3. The second kappa shape index (κ2) is 17.6. The third-order valence-electron chi connectivity index (χ3n) is 8.58. The molecular formula is C34H37O23+. The van der Waals surface area contributed by atoms with E-state index in [1.165, 1.54) is 13.2 Å². The minimum Gasteiger partial charge on any atom is -0.507 e. The Labute approximate surface area is 318 Å².